The average molecular weight is 305 g/mol. The summed E-state index contributed by atoms with van der Waals surface area (Å²) in [4.78, 5) is 11.8. The van der Waals surface area contributed by atoms with Crippen molar-refractivity contribution < 1.29 is 22.7 Å². The number of alkyl halides is 3. The first kappa shape index (κ1) is 15.7. The number of hydrogen-bond donors (Lipinski definition) is 1. The third-order valence-corrected chi connectivity index (χ3v) is 3.75. The highest BCUT2D eigenvalue weighted by Gasteiger charge is 2.34. The molecule has 5 nitrogen and oxygen atoms in total. The van der Waals surface area contributed by atoms with E-state index >= 15 is 0 Å². The van der Waals surface area contributed by atoms with Crippen LogP contribution in [0.5, 0.6) is 0 Å². The van der Waals surface area contributed by atoms with Gasteiger partial charge in [0.25, 0.3) is 0 Å². The fourth-order valence-corrected chi connectivity index (χ4v) is 2.82. The van der Waals surface area contributed by atoms with Gasteiger partial charge in [0.1, 0.15) is 12.4 Å². The van der Waals surface area contributed by atoms with Gasteiger partial charge in [-0.05, 0) is 18.8 Å². The number of methoxy groups -OCH3 is 1. The van der Waals surface area contributed by atoms with Crippen molar-refractivity contribution in [2.24, 2.45) is 0 Å². The summed E-state index contributed by atoms with van der Waals surface area (Å²) in [5, 5.41) is 3.74. The summed E-state index contributed by atoms with van der Waals surface area (Å²) in [5.41, 5.74) is 6.14. The molecule has 0 spiro atoms. The largest absolute Gasteiger partial charge is 0.464 e. The molecule has 0 aliphatic heterocycles. The van der Waals surface area contributed by atoms with Gasteiger partial charge in [0, 0.05) is 5.56 Å². The molecule has 1 heterocycles. The van der Waals surface area contributed by atoms with Gasteiger partial charge in [-0.25, -0.2) is 9.48 Å². The Hall–Kier alpha value is -1.73. The highest BCUT2D eigenvalue weighted by atomic mass is 19.4. The third kappa shape index (κ3) is 3.48. The monoisotopic (exact) mass is 305 g/mol. The molecule has 2 rings (SSSR count). The number of nitrogens with two attached hydrogens (primary N) is 1. The minimum Gasteiger partial charge on any atom is -0.464 e. The molecule has 1 aliphatic rings. The van der Waals surface area contributed by atoms with Gasteiger partial charge < -0.3 is 10.5 Å². The van der Waals surface area contributed by atoms with Crippen LogP contribution in [0.4, 0.5) is 19.0 Å². The van der Waals surface area contributed by atoms with Crippen molar-refractivity contribution >= 4 is 11.8 Å². The van der Waals surface area contributed by atoms with Crippen molar-refractivity contribution in [2.45, 2.75) is 50.7 Å². The number of carbonyl (C=O) groups is 1. The summed E-state index contributed by atoms with van der Waals surface area (Å²) >= 11 is 0. The van der Waals surface area contributed by atoms with Gasteiger partial charge >= 0.3 is 12.1 Å². The second-order valence-electron chi connectivity index (χ2n) is 5.25. The predicted octanol–water partition coefficient (Wildman–Crippen LogP) is 2.86. The van der Waals surface area contributed by atoms with Crippen LogP contribution >= 0.6 is 0 Å². The van der Waals surface area contributed by atoms with Crippen LogP contribution in [0.1, 0.15) is 54.1 Å². The first-order valence-corrected chi connectivity index (χ1v) is 6.84. The normalized spacial score (nSPS) is 17.0. The van der Waals surface area contributed by atoms with E-state index in [4.69, 9.17) is 5.73 Å². The lowest BCUT2D eigenvalue weighted by molar-refractivity contribution is -0.142. The molecule has 1 aromatic rings. The Balaban J connectivity index is 2.42. The number of nitrogen functional groups attached to an aromatic ring is 1. The molecule has 2 N–H and O–H groups in total. The summed E-state index contributed by atoms with van der Waals surface area (Å²) < 4.78 is 42.9. The number of carbonyl (C=O) groups excluding carboxylic acids is 1. The Morgan fingerprint density at radius 2 is 2.00 bits per heavy atom. The van der Waals surface area contributed by atoms with Crippen molar-refractivity contribution in [3.8, 4) is 0 Å². The molecule has 1 aliphatic carbocycles. The van der Waals surface area contributed by atoms with Gasteiger partial charge in [-0.2, -0.15) is 18.3 Å². The molecular weight excluding hydrogens is 287 g/mol. The molecule has 1 fully saturated rings. The standard InChI is InChI=1S/C13H18F3N3O2/c1-21-12(20)10-9(8-5-3-2-4-6-8)11(17)19(18-10)7-13(14,15)16/h8H,2-7,17H2,1H3. The van der Waals surface area contributed by atoms with Crippen LogP contribution < -0.4 is 5.73 Å². The maximum Gasteiger partial charge on any atom is 0.408 e. The zero-order valence-electron chi connectivity index (χ0n) is 11.7. The molecule has 0 radical (unpaired) electrons. The van der Waals surface area contributed by atoms with E-state index in [1.807, 2.05) is 0 Å². The molecule has 0 unspecified atom stereocenters. The highest BCUT2D eigenvalue weighted by Crippen LogP contribution is 2.38. The third-order valence-electron chi connectivity index (χ3n) is 3.75. The number of esters is 1. The summed E-state index contributed by atoms with van der Waals surface area (Å²) in [5.74, 6) is -0.863. The second-order valence-corrected chi connectivity index (χ2v) is 5.25. The maximum atomic E-state index is 12.6. The predicted molar refractivity (Wildman–Crippen MR) is 69.9 cm³/mol. The van der Waals surface area contributed by atoms with Crippen molar-refractivity contribution in [1.29, 1.82) is 0 Å². The van der Waals surface area contributed by atoms with Gasteiger partial charge in [0.15, 0.2) is 5.69 Å². The van der Waals surface area contributed by atoms with E-state index in [-0.39, 0.29) is 17.4 Å². The summed E-state index contributed by atoms with van der Waals surface area (Å²) in [7, 11) is 1.17. The molecule has 0 amide bonds. The molecule has 1 saturated carbocycles. The SMILES string of the molecule is COC(=O)c1nn(CC(F)(F)F)c(N)c1C1CCCCC1. The van der Waals surface area contributed by atoms with Gasteiger partial charge in [0.2, 0.25) is 0 Å². The van der Waals surface area contributed by atoms with Crippen LogP contribution in [-0.2, 0) is 11.3 Å². The molecule has 21 heavy (non-hydrogen) atoms. The highest BCUT2D eigenvalue weighted by molar-refractivity contribution is 5.90. The number of hydrogen-bond acceptors (Lipinski definition) is 4. The molecule has 1 aromatic heterocycles. The summed E-state index contributed by atoms with van der Waals surface area (Å²) in [6, 6.07) is 0. The maximum absolute atomic E-state index is 12.6. The minimum absolute atomic E-state index is 0.0326. The topological polar surface area (TPSA) is 70.1 Å². The van der Waals surface area contributed by atoms with E-state index in [1.54, 1.807) is 0 Å². The lowest BCUT2D eigenvalue weighted by atomic mass is 9.83. The lowest BCUT2D eigenvalue weighted by Crippen LogP contribution is -2.20. The molecule has 118 valence electrons. The average Bonchev–Trinajstić information content (AvgIpc) is 2.74. The Labute approximate surface area is 120 Å². The van der Waals surface area contributed by atoms with Crippen LogP contribution in [0.15, 0.2) is 0 Å². The first-order valence-electron chi connectivity index (χ1n) is 6.84. The van der Waals surface area contributed by atoms with Crippen molar-refractivity contribution in [1.82, 2.24) is 9.78 Å². The number of halogens is 3. The second kappa shape index (κ2) is 5.95. The molecule has 0 aromatic carbocycles. The Morgan fingerprint density at radius 1 is 1.38 bits per heavy atom. The van der Waals surface area contributed by atoms with E-state index in [0.29, 0.717) is 10.2 Å². The van der Waals surface area contributed by atoms with Crippen LogP contribution in [0.2, 0.25) is 0 Å². The van der Waals surface area contributed by atoms with E-state index in [0.717, 1.165) is 32.1 Å². The molecule has 0 atom stereocenters. The van der Waals surface area contributed by atoms with Gasteiger partial charge in [-0.15, -0.1) is 0 Å². The van der Waals surface area contributed by atoms with E-state index in [9.17, 15) is 18.0 Å². The molecule has 0 saturated heterocycles. The fourth-order valence-electron chi connectivity index (χ4n) is 2.82. The van der Waals surface area contributed by atoms with Crippen molar-refractivity contribution in [3.05, 3.63) is 11.3 Å². The van der Waals surface area contributed by atoms with Crippen LogP contribution in [-0.4, -0.2) is 29.0 Å². The number of rotatable bonds is 3. The van der Waals surface area contributed by atoms with E-state index in [2.05, 4.69) is 9.84 Å². The number of ether oxygens (including phenoxy) is 1. The van der Waals surface area contributed by atoms with Crippen molar-refractivity contribution in [2.75, 3.05) is 12.8 Å². The van der Waals surface area contributed by atoms with Gasteiger partial charge in [-0.3, -0.25) is 0 Å². The Bertz CT molecular complexity index is 519. The van der Waals surface area contributed by atoms with Gasteiger partial charge in [-0.1, -0.05) is 19.3 Å². The van der Waals surface area contributed by atoms with Crippen LogP contribution in [0, 0.1) is 0 Å². The summed E-state index contributed by atoms with van der Waals surface area (Å²) in [6.45, 7) is -1.31. The molecule has 8 heteroatoms. The number of aromatic nitrogens is 2. The van der Waals surface area contributed by atoms with Crippen LogP contribution in [0.3, 0.4) is 0 Å². The minimum atomic E-state index is -4.45. The van der Waals surface area contributed by atoms with E-state index < -0.39 is 18.7 Å². The molecular formula is C13H18F3N3O2. The zero-order valence-corrected chi connectivity index (χ0v) is 11.7. The Kier molecular flexibility index (Phi) is 4.43. The Morgan fingerprint density at radius 3 is 2.52 bits per heavy atom. The van der Waals surface area contributed by atoms with Crippen LogP contribution in [0.25, 0.3) is 0 Å². The van der Waals surface area contributed by atoms with Crippen molar-refractivity contribution in [3.63, 3.8) is 0 Å². The lowest BCUT2D eigenvalue weighted by Gasteiger charge is -2.22. The smallest absolute Gasteiger partial charge is 0.408 e. The first-order chi connectivity index (χ1) is 9.83. The zero-order chi connectivity index (χ0) is 15.6. The van der Waals surface area contributed by atoms with Gasteiger partial charge in [0.05, 0.1) is 7.11 Å². The summed E-state index contributed by atoms with van der Waals surface area (Å²) in [6.07, 6.45) is 0.167. The number of anilines is 1. The van der Waals surface area contributed by atoms with E-state index in [1.165, 1.54) is 7.11 Å². The quantitative estimate of drug-likeness (QED) is 0.872. The number of nitrogens with zero attached hydrogens (tertiary/aromatic N) is 2. The fraction of sp³-hybridized carbons (Fsp3) is 0.692. The molecule has 0 bridgehead atoms.